The molecule has 5 nitrogen and oxygen atoms in total. The molecule has 0 aliphatic carbocycles. The average Bonchev–Trinajstić information content (AvgIpc) is 2.34. The number of hydrogen-bond acceptors (Lipinski definition) is 5. The van der Waals surface area contributed by atoms with E-state index >= 15 is 0 Å². The molecular formula is C14H24N4O. The van der Waals surface area contributed by atoms with Gasteiger partial charge in [0.15, 0.2) is 0 Å². The Balaban J connectivity index is 2.71. The van der Waals surface area contributed by atoms with Gasteiger partial charge in [-0.05, 0) is 25.7 Å². The standard InChI is InChI=1S/C14H24N4O/c1-6-14(4,5)9-16-13-7-12(15-8-10(2)19)17-11(3)18-13/h7H,6,8-9H2,1-5H3,(H2,15,16,17,18). The third kappa shape index (κ3) is 5.68. The Morgan fingerprint density at radius 1 is 1.26 bits per heavy atom. The van der Waals surface area contributed by atoms with Gasteiger partial charge in [-0.25, -0.2) is 9.97 Å². The number of nitrogens with one attached hydrogen (secondary N) is 2. The van der Waals surface area contributed by atoms with Gasteiger partial charge in [-0.3, -0.25) is 4.79 Å². The average molecular weight is 264 g/mol. The van der Waals surface area contributed by atoms with E-state index in [9.17, 15) is 4.79 Å². The maximum Gasteiger partial charge on any atom is 0.148 e. The van der Waals surface area contributed by atoms with E-state index < -0.39 is 0 Å². The molecule has 1 rings (SSSR count). The van der Waals surface area contributed by atoms with Crippen LogP contribution in [-0.2, 0) is 4.79 Å². The second kappa shape index (κ2) is 6.50. The van der Waals surface area contributed by atoms with Gasteiger partial charge in [0, 0.05) is 12.6 Å². The maximum atomic E-state index is 11.0. The molecule has 5 heteroatoms. The summed E-state index contributed by atoms with van der Waals surface area (Å²) >= 11 is 0. The predicted octanol–water partition coefficient (Wildman–Crippen LogP) is 2.63. The Morgan fingerprint density at radius 2 is 1.84 bits per heavy atom. The van der Waals surface area contributed by atoms with Crippen LogP contribution in [0.4, 0.5) is 11.6 Å². The summed E-state index contributed by atoms with van der Waals surface area (Å²) in [6, 6.07) is 1.84. The highest BCUT2D eigenvalue weighted by Gasteiger charge is 2.15. The van der Waals surface area contributed by atoms with Gasteiger partial charge in [0.25, 0.3) is 0 Å². The van der Waals surface area contributed by atoms with Crippen LogP contribution in [0.3, 0.4) is 0 Å². The van der Waals surface area contributed by atoms with Crippen molar-refractivity contribution in [2.75, 3.05) is 23.7 Å². The Morgan fingerprint density at radius 3 is 2.37 bits per heavy atom. The van der Waals surface area contributed by atoms with E-state index in [0.717, 1.165) is 18.8 Å². The van der Waals surface area contributed by atoms with E-state index in [4.69, 9.17) is 0 Å². The third-order valence-electron chi connectivity index (χ3n) is 3.06. The van der Waals surface area contributed by atoms with Crippen molar-refractivity contribution in [3.63, 3.8) is 0 Å². The van der Waals surface area contributed by atoms with Crippen molar-refractivity contribution in [2.45, 2.75) is 41.0 Å². The quantitative estimate of drug-likeness (QED) is 0.792. The SMILES string of the molecule is CCC(C)(C)CNc1cc(NCC(C)=O)nc(C)n1. The van der Waals surface area contributed by atoms with E-state index in [1.54, 1.807) is 6.92 Å². The molecule has 19 heavy (non-hydrogen) atoms. The monoisotopic (exact) mass is 264 g/mol. The molecule has 0 aromatic carbocycles. The maximum absolute atomic E-state index is 11.0. The molecule has 0 spiro atoms. The van der Waals surface area contributed by atoms with Crippen LogP contribution in [0, 0.1) is 12.3 Å². The molecule has 0 aliphatic heterocycles. The molecule has 0 atom stereocenters. The first-order chi connectivity index (χ1) is 8.82. The largest absolute Gasteiger partial charge is 0.369 e. The van der Waals surface area contributed by atoms with Gasteiger partial charge in [-0.15, -0.1) is 0 Å². The van der Waals surface area contributed by atoms with Crippen molar-refractivity contribution in [3.05, 3.63) is 11.9 Å². The van der Waals surface area contributed by atoms with Crippen molar-refractivity contribution in [1.82, 2.24) is 9.97 Å². The lowest BCUT2D eigenvalue weighted by molar-refractivity contribution is -0.115. The van der Waals surface area contributed by atoms with Crippen molar-refractivity contribution in [2.24, 2.45) is 5.41 Å². The third-order valence-corrected chi connectivity index (χ3v) is 3.06. The fraction of sp³-hybridized carbons (Fsp3) is 0.643. The minimum Gasteiger partial charge on any atom is -0.369 e. The summed E-state index contributed by atoms with van der Waals surface area (Å²) in [6.07, 6.45) is 1.10. The summed E-state index contributed by atoms with van der Waals surface area (Å²) in [5.74, 6) is 2.24. The fourth-order valence-corrected chi connectivity index (χ4v) is 1.42. The zero-order valence-electron chi connectivity index (χ0n) is 12.5. The molecule has 1 aromatic rings. The molecule has 0 radical (unpaired) electrons. The zero-order chi connectivity index (χ0) is 14.5. The first-order valence-corrected chi connectivity index (χ1v) is 6.65. The number of carbonyl (C=O) groups excluding carboxylic acids is 1. The van der Waals surface area contributed by atoms with E-state index in [-0.39, 0.29) is 17.7 Å². The van der Waals surface area contributed by atoms with E-state index in [1.165, 1.54) is 0 Å². The minimum atomic E-state index is 0.0814. The van der Waals surface area contributed by atoms with Crippen LogP contribution in [0.2, 0.25) is 0 Å². The molecule has 2 N–H and O–H groups in total. The van der Waals surface area contributed by atoms with Crippen LogP contribution in [0.15, 0.2) is 6.07 Å². The molecule has 106 valence electrons. The number of carbonyl (C=O) groups is 1. The Bertz CT molecular complexity index is 443. The van der Waals surface area contributed by atoms with E-state index in [1.807, 2.05) is 13.0 Å². The number of Topliss-reactive ketones (excluding diaryl/α,β-unsaturated/α-hetero) is 1. The summed E-state index contributed by atoms with van der Waals surface area (Å²) < 4.78 is 0. The van der Waals surface area contributed by atoms with Crippen LogP contribution in [0.25, 0.3) is 0 Å². The van der Waals surface area contributed by atoms with Gasteiger partial charge in [-0.1, -0.05) is 20.8 Å². The molecule has 1 aromatic heterocycles. The molecule has 0 saturated carbocycles. The van der Waals surface area contributed by atoms with Gasteiger partial charge in [-0.2, -0.15) is 0 Å². The van der Waals surface area contributed by atoms with Crippen LogP contribution < -0.4 is 10.6 Å². The van der Waals surface area contributed by atoms with Gasteiger partial charge in [0.1, 0.15) is 23.2 Å². The molecule has 0 aliphatic rings. The van der Waals surface area contributed by atoms with E-state index in [2.05, 4.69) is 41.4 Å². The van der Waals surface area contributed by atoms with Crippen LogP contribution in [0.5, 0.6) is 0 Å². The van der Waals surface area contributed by atoms with Gasteiger partial charge >= 0.3 is 0 Å². The van der Waals surface area contributed by atoms with E-state index in [0.29, 0.717) is 11.6 Å². The molecule has 1 heterocycles. The number of nitrogens with zero attached hydrogens (tertiary/aromatic N) is 2. The van der Waals surface area contributed by atoms with Crippen LogP contribution >= 0.6 is 0 Å². The summed E-state index contributed by atoms with van der Waals surface area (Å²) in [5.41, 5.74) is 0.228. The number of anilines is 2. The lowest BCUT2D eigenvalue weighted by Crippen LogP contribution is -2.22. The number of rotatable bonds is 7. The molecule has 0 fully saturated rings. The molecule has 0 unspecified atom stereocenters. The summed E-state index contributed by atoms with van der Waals surface area (Å²) in [4.78, 5) is 19.6. The normalized spacial score (nSPS) is 11.2. The number of aromatic nitrogens is 2. The lowest BCUT2D eigenvalue weighted by Gasteiger charge is -2.23. The van der Waals surface area contributed by atoms with Gasteiger partial charge in [0.05, 0.1) is 6.54 Å². The molecular weight excluding hydrogens is 240 g/mol. The lowest BCUT2D eigenvalue weighted by atomic mass is 9.90. The minimum absolute atomic E-state index is 0.0814. The predicted molar refractivity (Wildman–Crippen MR) is 78.5 cm³/mol. The molecule has 0 amide bonds. The summed E-state index contributed by atoms with van der Waals surface area (Å²) in [7, 11) is 0. The van der Waals surface area contributed by atoms with Crippen molar-refractivity contribution in [3.8, 4) is 0 Å². The first kappa shape index (κ1) is 15.4. The van der Waals surface area contributed by atoms with Crippen LogP contribution in [-0.4, -0.2) is 28.8 Å². The highest BCUT2D eigenvalue weighted by molar-refractivity contribution is 5.80. The smallest absolute Gasteiger partial charge is 0.148 e. The van der Waals surface area contributed by atoms with Crippen molar-refractivity contribution < 1.29 is 4.79 Å². The highest BCUT2D eigenvalue weighted by atomic mass is 16.1. The topological polar surface area (TPSA) is 66.9 Å². The number of ketones is 1. The molecule has 0 bridgehead atoms. The second-order valence-corrected chi connectivity index (χ2v) is 5.61. The zero-order valence-corrected chi connectivity index (χ0v) is 12.5. The summed E-state index contributed by atoms with van der Waals surface area (Å²) in [6.45, 7) is 11.1. The number of aryl methyl sites for hydroxylation is 1. The first-order valence-electron chi connectivity index (χ1n) is 6.65. The van der Waals surface area contributed by atoms with Gasteiger partial charge < -0.3 is 10.6 Å². The van der Waals surface area contributed by atoms with Crippen LogP contribution in [0.1, 0.15) is 39.9 Å². The fourth-order valence-electron chi connectivity index (χ4n) is 1.42. The number of hydrogen-bond donors (Lipinski definition) is 2. The molecule has 0 saturated heterocycles. The Hall–Kier alpha value is -1.65. The summed E-state index contributed by atoms with van der Waals surface area (Å²) in [5, 5.41) is 6.32. The Kier molecular flexibility index (Phi) is 5.27. The van der Waals surface area contributed by atoms with Crippen molar-refractivity contribution >= 4 is 17.4 Å². The van der Waals surface area contributed by atoms with Gasteiger partial charge in [0.2, 0.25) is 0 Å². The van der Waals surface area contributed by atoms with Crippen molar-refractivity contribution in [1.29, 1.82) is 0 Å². The Labute approximate surface area is 115 Å². The highest BCUT2D eigenvalue weighted by Crippen LogP contribution is 2.20. The second-order valence-electron chi connectivity index (χ2n) is 5.61.